The molecule has 0 aliphatic heterocycles. The van der Waals surface area contributed by atoms with Crippen LogP contribution in [0.15, 0.2) is 0 Å². The number of hydrogen-bond acceptors (Lipinski definition) is 2. The Morgan fingerprint density at radius 1 is 1.40 bits per heavy atom. The summed E-state index contributed by atoms with van der Waals surface area (Å²) in [6, 6.07) is 0. The third kappa shape index (κ3) is 3.90. The molecule has 1 rings (SSSR count). The fourth-order valence-corrected chi connectivity index (χ4v) is 1.65. The second kappa shape index (κ2) is 4.64. The lowest BCUT2D eigenvalue weighted by molar-refractivity contribution is -0.137. The van der Waals surface area contributed by atoms with Crippen molar-refractivity contribution in [2.75, 3.05) is 6.54 Å². The molecule has 0 heterocycles. The fraction of sp³-hybridized carbons (Fsp3) is 0.818. The number of nitrogens with one attached hydrogen (secondary N) is 1. The van der Waals surface area contributed by atoms with Crippen LogP contribution in [0.5, 0.6) is 0 Å². The van der Waals surface area contributed by atoms with Gasteiger partial charge in [-0.3, -0.25) is 9.59 Å². The van der Waals surface area contributed by atoms with Gasteiger partial charge in [-0.25, -0.2) is 0 Å². The lowest BCUT2D eigenvalue weighted by Crippen LogP contribution is -2.27. The molecule has 1 fully saturated rings. The fourth-order valence-electron chi connectivity index (χ4n) is 1.65. The van der Waals surface area contributed by atoms with Gasteiger partial charge in [-0.1, -0.05) is 13.8 Å². The zero-order valence-corrected chi connectivity index (χ0v) is 9.38. The maximum Gasteiger partial charge on any atom is 0.303 e. The van der Waals surface area contributed by atoms with Gasteiger partial charge in [-0.15, -0.1) is 0 Å². The molecule has 1 amide bonds. The molecule has 0 bridgehead atoms. The lowest BCUT2D eigenvalue weighted by Gasteiger charge is -2.05. The van der Waals surface area contributed by atoms with Crippen molar-refractivity contribution in [2.24, 2.45) is 11.3 Å². The van der Waals surface area contributed by atoms with Crippen LogP contribution in [0.1, 0.15) is 39.5 Å². The average Bonchev–Trinajstić information content (AvgIpc) is 2.74. The first-order valence-corrected chi connectivity index (χ1v) is 5.43. The maximum atomic E-state index is 11.5. The molecule has 2 N–H and O–H groups in total. The highest BCUT2D eigenvalue weighted by atomic mass is 16.4. The van der Waals surface area contributed by atoms with Crippen molar-refractivity contribution < 1.29 is 14.7 Å². The molecule has 0 aromatic heterocycles. The van der Waals surface area contributed by atoms with Crippen molar-refractivity contribution in [1.82, 2.24) is 5.32 Å². The van der Waals surface area contributed by atoms with Crippen molar-refractivity contribution in [2.45, 2.75) is 39.5 Å². The predicted molar refractivity (Wildman–Crippen MR) is 56.4 cm³/mol. The van der Waals surface area contributed by atoms with E-state index >= 15 is 0 Å². The molecular weight excluding hydrogens is 194 g/mol. The van der Waals surface area contributed by atoms with Gasteiger partial charge in [0.05, 0.1) is 0 Å². The second-order valence-electron chi connectivity index (χ2n) is 4.89. The molecule has 0 aromatic rings. The normalized spacial score (nSPS) is 22.1. The van der Waals surface area contributed by atoms with Gasteiger partial charge in [0.25, 0.3) is 0 Å². The van der Waals surface area contributed by atoms with E-state index in [-0.39, 0.29) is 23.7 Å². The summed E-state index contributed by atoms with van der Waals surface area (Å²) in [5.74, 6) is -0.489. The molecule has 0 spiro atoms. The first-order chi connectivity index (χ1) is 6.93. The SMILES string of the molecule is CC1(C)C[C@@H]1C(=O)NCCCCC(=O)O. The highest BCUT2D eigenvalue weighted by Crippen LogP contribution is 2.51. The molecule has 1 aliphatic rings. The minimum atomic E-state index is -0.773. The molecule has 0 aromatic carbocycles. The Hall–Kier alpha value is -1.06. The summed E-state index contributed by atoms with van der Waals surface area (Å²) >= 11 is 0. The minimum absolute atomic E-state index is 0.121. The summed E-state index contributed by atoms with van der Waals surface area (Å²) < 4.78 is 0. The number of carboxylic acid groups (broad SMARTS) is 1. The van der Waals surface area contributed by atoms with Gasteiger partial charge in [0.15, 0.2) is 0 Å². The Morgan fingerprint density at radius 2 is 2.00 bits per heavy atom. The summed E-state index contributed by atoms with van der Waals surface area (Å²) in [5.41, 5.74) is 0.172. The summed E-state index contributed by atoms with van der Waals surface area (Å²) in [6.07, 6.45) is 2.52. The van der Waals surface area contributed by atoms with E-state index in [4.69, 9.17) is 5.11 Å². The van der Waals surface area contributed by atoms with Crippen molar-refractivity contribution in [1.29, 1.82) is 0 Å². The minimum Gasteiger partial charge on any atom is -0.481 e. The number of unbranched alkanes of at least 4 members (excludes halogenated alkanes) is 1. The van der Waals surface area contributed by atoms with E-state index in [9.17, 15) is 9.59 Å². The van der Waals surface area contributed by atoms with Crippen LogP contribution in [-0.4, -0.2) is 23.5 Å². The smallest absolute Gasteiger partial charge is 0.303 e. The second-order valence-corrected chi connectivity index (χ2v) is 4.89. The predicted octanol–water partition coefficient (Wildman–Crippen LogP) is 1.40. The van der Waals surface area contributed by atoms with Crippen molar-refractivity contribution in [3.8, 4) is 0 Å². The molecule has 0 saturated heterocycles. The van der Waals surface area contributed by atoms with E-state index in [0.29, 0.717) is 13.0 Å². The van der Waals surface area contributed by atoms with Crippen LogP contribution < -0.4 is 5.32 Å². The lowest BCUT2D eigenvalue weighted by atomic mass is 10.1. The zero-order chi connectivity index (χ0) is 11.5. The standard InChI is InChI=1S/C11H19NO3/c1-11(2)7-8(11)10(15)12-6-4-3-5-9(13)14/h8H,3-7H2,1-2H3,(H,12,15)(H,13,14)/t8-/m1/s1. The Bertz CT molecular complexity index is 261. The van der Waals surface area contributed by atoms with E-state index in [2.05, 4.69) is 19.2 Å². The van der Waals surface area contributed by atoms with Crippen molar-refractivity contribution in [3.05, 3.63) is 0 Å². The van der Waals surface area contributed by atoms with Crippen LogP contribution in [0.25, 0.3) is 0 Å². The Kier molecular flexibility index (Phi) is 3.72. The maximum absolute atomic E-state index is 11.5. The van der Waals surface area contributed by atoms with Gasteiger partial charge in [0.2, 0.25) is 5.91 Å². The zero-order valence-electron chi connectivity index (χ0n) is 9.38. The van der Waals surface area contributed by atoms with Crippen LogP contribution in [0.2, 0.25) is 0 Å². The molecule has 1 saturated carbocycles. The molecule has 15 heavy (non-hydrogen) atoms. The molecule has 1 aliphatic carbocycles. The topological polar surface area (TPSA) is 66.4 Å². The molecular formula is C11H19NO3. The van der Waals surface area contributed by atoms with E-state index in [1.165, 1.54) is 0 Å². The number of carbonyl (C=O) groups excluding carboxylic acids is 1. The van der Waals surface area contributed by atoms with Crippen LogP contribution in [0, 0.1) is 11.3 Å². The van der Waals surface area contributed by atoms with Crippen LogP contribution in [0.3, 0.4) is 0 Å². The van der Waals surface area contributed by atoms with Crippen LogP contribution in [-0.2, 0) is 9.59 Å². The van der Waals surface area contributed by atoms with Gasteiger partial charge >= 0.3 is 5.97 Å². The Morgan fingerprint density at radius 3 is 2.47 bits per heavy atom. The molecule has 0 radical (unpaired) electrons. The van der Waals surface area contributed by atoms with E-state index in [0.717, 1.165) is 12.8 Å². The first-order valence-electron chi connectivity index (χ1n) is 5.43. The number of aliphatic carboxylic acids is 1. The summed E-state index contributed by atoms with van der Waals surface area (Å²) in [7, 11) is 0. The number of hydrogen-bond donors (Lipinski definition) is 2. The summed E-state index contributed by atoms with van der Waals surface area (Å²) in [6.45, 7) is 4.77. The van der Waals surface area contributed by atoms with Gasteiger partial charge in [0.1, 0.15) is 0 Å². The largest absolute Gasteiger partial charge is 0.481 e. The van der Waals surface area contributed by atoms with Gasteiger partial charge < -0.3 is 10.4 Å². The van der Waals surface area contributed by atoms with Crippen molar-refractivity contribution >= 4 is 11.9 Å². The van der Waals surface area contributed by atoms with Gasteiger partial charge in [-0.2, -0.15) is 0 Å². The highest BCUT2D eigenvalue weighted by Gasteiger charge is 2.50. The highest BCUT2D eigenvalue weighted by molar-refractivity contribution is 5.82. The number of carboxylic acids is 1. The molecule has 4 nitrogen and oxygen atoms in total. The third-order valence-corrected chi connectivity index (χ3v) is 2.95. The quantitative estimate of drug-likeness (QED) is 0.655. The Labute approximate surface area is 90.0 Å². The van der Waals surface area contributed by atoms with Crippen LogP contribution in [0.4, 0.5) is 0 Å². The molecule has 1 atom stereocenters. The molecule has 0 unspecified atom stereocenters. The number of carbonyl (C=O) groups is 2. The van der Waals surface area contributed by atoms with Crippen LogP contribution >= 0.6 is 0 Å². The monoisotopic (exact) mass is 213 g/mol. The Balaban J connectivity index is 2.01. The first kappa shape index (κ1) is 12.0. The van der Waals surface area contributed by atoms with E-state index < -0.39 is 5.97 Å². The third-order valence-electron chi connectivity index (χ3n) is 2.95. The average molecular weight is 213 g/mol. The number of amides is 1. The van der Waals surface area contributed by atoms with E-state index in [1.54, 1.807) is 0 Å². The molecule has 86 valence electrons. The number of rotatable bonds is 6. The van der Waals surface area contributed by atoms with E-state index in [1.807, 2.05) is 0 Å². The van der Waals surface area contributed by atoms with Gasteiger partial charge in [-0.05, 0) is 24.7 Å². The van der Waals surface area contributed by atoms with Crippen molar-refractivity contribution in [3.63, 3.8) is 0 Å². The summed E-state index contributed by atoms with van der Waals surface area (Å²) in [5, 5.41) is 11.2. The summed E-state index contributed by atoms with van der Waals surface area (Å²) in [4.78, 5) is 21.7. The van der Waals surface area contributed by atoms with Gasteiger partial charge in [0, 0.05) is 18.9 Å². The molecule has 4 heteroatoms.